The van der Waals surface area contributed by atoms with Crippen LogP contribution in [0.15, 0.2) is 36.4 Å². The highest BCUT2D eigenvalue weighted by Crippen LogP contribution is 2.21. The minimum absolute atomic E-state index is 0.361. The minimum atomic E-state index is -0.361. The zero-order valence-electron chi connectivity index (χ0n) is 9.81. The van der Waals surface area contributed by atoms with Crippen LogP contribution in [0.1, 0.15) is 11.1 Å². The maximum Gasteiger partial charge on any atom is 0.126 e. The Bertz CT molecular complexity index is 549. The lowest BCUT2D eigenvalue weighted by Crippen LogP contribution is -2.00. The topological polar surface area (TPSA) is 12.0 Å². The molecule has 0 radical (unpaired) electrons. The summed E-state index contributed by atoms with van der Waals surface area (Å²) in [6.45, 7) is 2.51. The van der Waals surface area contributed by atoms with Gasteiger partial charge in [-0.25, -0.2) is 4.39 Å². The normalized spacial score (nSPS) is 10.4. The Morgan fingerprint density at radius 2 is 1.89 bits per heavy atom. The maximum atomic E-state index is 13.1. The van der Waals surface area contributed by atoms with Crippen molar-refractivity contribution in [1.29, 1.82) is 0 Å². The van der Waals surface area contributed by atoms with E-state index in [1.807, 2.05) is 25.1 Å². The molecule has 0 unspecified atom stereocenters. The molecule has 1 nitrogen and oxygen atoms in total. The fraction of sp³-hybridized carbons (Fsp3) is 0.143. The van der Waals surface area contributed by atoms with E-state index in [-0.39, 0.29) is 5.82 Å². The van der Waals surface area contributed by atoms with E-state index >= 15 is 0 Å². The molecule has 2 rings (SSSR count). The molecule has 0 atom stereocenters. The third kappa shape index (κ3) is 3.37. The number of hydrogen-bond donors (Lipinski definition) is 1. The van der Waals surface area contributed by atoms with Crippen LogP contribution in [-0.2, 0) is 6.54 Å². The summed E-state index contributed by atoms with van der Waals surface area (Å²) in [4.78, 5) is 0. The van der Waals surface area contributed by atoms with Crippen molar-refractivity contribution in [2.45, 2.75) is 13.5 Å². The van der Waals surface area contributed by atoms with E-state index in [1.165, 1.54) is 12.1 Å². The number of hydrogen-bond acceptors (Lipinski definition) is 1. The molecule has 0 spiro atoms. The molecular formula is C14H12Cl2FN. The minimum Gasteiger partial charge on any atom is -0.381 e. The Balaban J connectivity index is 2.11. The van der Waals surface area contributed by atoms with Gasteiger partial charge < -0.3 is 5.32 Å². The number of nitrogens with one attached hydrogen (secondary N) is 1. The van der Waals surface area contributed by atoms with E-state index in [0.717, 1.165) is 11.1 Å². The zero-order chi connectivity index (χ0) is 13.1. The van der Waals surface area contributed by atoms with Gasteiger partial charge in [-0.1, -0.05) is 35.3 Å². The van der Waals surface area contributed by atoms with Gasteiger partial charge in [0.1, 0.15) is 5.82 Å². The van der Waals surface area contributed by atoms with Gasteiger partial charge in [-0.2, -0.15) is 0 Å². The van der Waals surface area contributed by atoms with Gasteiger partial charge in [0.25, 0.3) is 0 Å². The first-order valence-electron chi connectivity index (χ1n) is 5.49. The smallest absolute Gasteiger partial charge is 0.126 e. The van der Waals surface area contributed by atoms with Gasteiger partial charge in [0.05, 0.1) is 0 Å². The lowest BCUT2D eigenvalue weighted by atomic mass is 10.1. The standard InChI is InChI=1S/C14H12Cl2FN/c1-9-2-3-10(14(16)4-9)8-18-13-6-11(15)5-12(17)7-13/h2-7,18H,8H2,1H3. The molecule has 0 saturated carbocycles. The van der Waals surface area contributed by atoms with E-state index in [4.69, 9.17) is 23.2 Å². The van der Waals surface area contributed by atoms with Gasteiger partial charge in [0, 0.05) is 22.3 Å². The van der Waals surface area contributed by atoms with Crippen LogP contribution in [0, 0.1) is 12.7 Å². The quantitative estimate of drug-likeness (QED) is 0.831. The molecule has 0 fully saturated rings. The van der Waals surface area contributed by atoms with Gasteiger partial charge in [-0.05, 0) is 42.3 Å². The monoisotopic (exact) mass is 283 g/mol. The molecule has 1 N–H and O–H groups in total. The van der Waals surface area contributed by atoms with Crippen LogP contribution in [0.3, 0.4) is 0 Å². The van der Waals surface area contributed by atoms with Crippen molar-refractivity contribution < 1.29 is 4.39 Å². The van der Waals surface area contributed by atoms with Crippen LogP contribution in [0.5, 0.6) is 0 Å². The number of rotatable bonds is 3. The van der Waals surface area contributed by atoms with Crippen LogP contribution < -0.4 is 5.32 Å². The summed E-state index contributed by atoms with van der Waals surface area (Å²) in [5.74, 6) is -0.361. The second-order valence-electron chi connectivity index (χ2n) is 4.11. The van der Waals surface area contributed by atoms with Crippen LogP contribution in [-0.4, -0.2) is 0 Å². The average Bonchev–Trinajstić information content (AvgIpc) is 2.26. The van der Waals surface area contributed by atoms with Crippen molar-refractivity contribution in [3.05, 3.63) is 63.4 Å². The fourth-order valence-electron chi connectivity index (χ4n) is 1.65. The number of halogens is 3. The summed E-state index contributed by atoms with van der Waals surface area (Å²) in [6.07, 6.45) is 0. The zero-order valence-corrected chi connectivity index (χ0v) is 11.3. The van der Waals surface area contributed by atoms with Crippen molar-refractivity contribution in [3.63, 3.8) is 0 Å². The van der Waals surface area contributed by atoms with Gasteiger partial charge in [-0.15, -0.1) is 0 Å². The third-order valence-electron chi connectivity index (χ3n) is 2.55. The lowest BCUT2D eigenvalue weighted by molar-refractivity contribution is 0.628. The highest BCUT2D eigenvalue weighted by atomic mass is 35.5. The predicted molar refractivity (Wildman–Crippen MR) is 74.9 cm³/mol. The van der Waals surface area contributed by atoms with Crippen molar-refractivity contribution >= 4 is 28.9 Å². The first kappa shape index (κ1) is 13.2. The Labute approximate surface area is 116 Å². The molecule has 0 saturated heterocycles. The van der Waals surface area contributed by atoms with Gasteiger partial charge in [0.15, 0.2) is 0 Å². The summed E-state index contributed by atoms with van der Waals surface area (Å²) in [5.41, 5.74) is 2.71. The van der Waals surface area contributed by atoms with Gasteiger partial charge >= 0.3 is 0 Å². The Morgan fingerprint density at radius 1 is 1.11 bits per heavy atom. The van der Waals surface area contributed by atoms with E-state index in [0.29, 0.717) is 22.3 Å². The molecule has 2 aromatic rings. The number of aryl methyl sites for hydroxylation is 1. The molecule has 2 aromatic carbocycles. The Morgan fingerprint density at radius 3 is 2.56 bits per heavy atom. The molecule has 0 aromatic heterocycles. The molecule has 0 amide bonds. The van der Waals surface area contributed by atoms with Crippen LogP contribution in [0.2, 0.25) is 10.0 Å². The molecule has 94 valence electrons. The summed E-state index contributed by atoms with van der Waals surface area (Å²) in [5, 5.41) is 4.16. The first-order valence-corrected chi connectivity index (χ1v) is 6.25. The third-order valence-corrected chi connectivity index (χ3v) is 3.12. The first-order chi connectivity index (χ1) is 8.54. The van der Waals surface area contributed by atoms with Crippen LogP contribution >= 0.6 is 23.2 Å². The molecule has 0 heterocycles. The molecule has 4 heteroatoms. The van der Waals surface area contributed by atoms with E-state index in [2.05, 4.69) is 5.32 Å². The molecule has 0 bridgehead atoms. The van der Waals surface area contributed by atoms with Gasteiger partial charge in [-0.3, -0.25) is 0 Å². The predicted octanol–water partition coefficient (Wildman–Crippen LogP) is 5.05. The maximum absolute atomic E-state index is 13.1. The van der Waals surface area contributed by atoms with E-state index < -0.39 is 0 Å². The van der Waals surface area contributed by atoms with Gasteiger partial charge in [0.2, 0.25) is 0 Å². The number of anilines is 1. The number of benzene rings is 2. The summed E-state index contributed by atoms with van der Waals surface area (Å²) < 4.78 is 13.1. The fourth-order valence-corrected chi connectivity index (χ4v) is 2.17. The van der Waals surface area contributed by atoms with Crippen molar-refractivity contribution in [3.8, 4) is 0 Å². The molecule has 0 aliphatic rings. The highest BCUT2D eigenvalue weighted by Gasteiger charge is 2.02. The van der Waals surface area contributed by atoms with E-state index in [9.17, 15) is 4.39 Å². The summed E-state index contributed by atoms with van der Waals surface area (Å²) >= 11 is 11.9. The Hall–Kier alpha value is -1.25. The van der Waals surface area contributed by atoms with Crippen molar-refractivity contribution in [2.75, 3.05) is 5.32 Å². The SMILES string of the molecule is Cc1ccc(CNc2cc(F)cc(Cl)c2)c(Cl)c1. The summed E-state index contributed by atoms with van der Waals surface area (Å²) in [6, 6.07) is 10.2. The largest absolute Gasteiger partial charge is 0.381 e. The lowest BCUT2D eigenvalue weighted by Gasteiger charge is -2.09. The second kappa shape index (κ2) is 5.59. The average molecular weight is 284 g/mol. The molecular weight excluding hydrogens is 272 g/mol. The highest BCUT2D eigenvalue weighted by molar-refractivity contribution is 6.31. The molecule has 0 aliphatic carbocycles. The van der Waals surface area contributed by atoms with E-state index in [1.54, 1.807) is 6.07 Å². The van der Waals surface area contributed by atoms with Crippen LogP contribution in [0.25, 0.3) is 0 Å². The van der Waals surface area contributed by atoms with Crippen molar-refractivity contribution in [1.82, 2.24) is 0 Å². The molecule has 18 heavy (non-hydrogen) atoms. The Kier molecular flexibility index (Phi) is 4.10. The van der Waals surface area contributed by atoms with Crippen LogP contribution in [0.4, 0.5) is 10.1 Å². The van der Waals surface area contributed by atoms with Crippen molar-refractivity contribution in [2.24, 2.45) is 0 Å². The molecule has 0 aliphatic heterocycles. The summed E-state index contributed by atoms with van der Waals surface area (Å²) in [7, 11) is 0. The second-order valence-corrected chi connectivity index (χ2v) is 4.95.